The number of carbonyl (C=O) groups is 2. The number of halogens is 1. The summed E-state index contributed by atoms with van der Waals surface area (Å²) >= 11 is 6.40. The van der Waals surface area contributed by atoms with E-state index in [4.69, 9.17) is 16.3 Å². The Morgan fingerprint density at radius 2 is 2.12 bits per heavy atom. The molecular weight excluding hydrogens is 434 g/mol. The number of nitrogens with one attached hydrogen (secondary N) is 3. The van der Waals surface area contributed by atoms with Crippen molar-refractivity contribution in [2.75, 3.05) is 12.4 Å². The molecule has 2 aromatic rings. The lowest BCUT2D eigenvalue weighted by molar-refractivity contribution is 0.0172. The highest BCUT2D eigenvalue weighted by Gasteiger charge is 2.35. The molecule has 1 aliphatic heterocycles. The summed E-state index contributed by atoms with van der Waals surface area (Å²) in [6.45, 7) is 3.89. The van der Waals surface area contributed by atoms with Gasteiger partial charge in [-0.15, -0.1) is 0 Å². The van der Waals surface area contributed by atoms with Gasteiger partial charge in [-0.05, 0) is 44.4 Å². The molecule has 2 heterocycles. The first-order chi connectivity index (χ1) is 15.2. The Labute approximate surface area is 190 Å². The van der Waals surface area contributed by atoms with Crippen molar-refractivity contribution in [1.29, 1.82) is 0 Å². The van der Waals surface area contributed by atoms with E-state index in [1.165, 1.54) is 13.2 Å². The standard InChI is InChI=1S/C22H26ClN5O4/c1-22(2)14-8-11(4-6-13(14)19(30)28-22)18-15(23)10-25-20(27-18)26-16-7-5-12(9-17(16)29)32-21(31)24-3/h4,6,8,10,12,16-17,29H,5,7,9H2,1-3H3,(H,24,31)(H,28,30)(H,25,26,27)/t12-,16+,17+/m0/s1. The number of aliphatic hydroxyl groups excluding tert-OH is 1. The van der Waals surface area contributed by atoms with Crippen LogP contribution in [0.5, 0.6) is 0 Å². The molecule has 1 aliphatic carbocycles. The van der Waals surface area contributed by atoms with Crippen LogP contribution in [-0.4, -0.2) is 52.4 Å². The van der Waals surface area contributed by atoms with Gasteiger partial charge in [-0.3, -0.25) is 4.79 Å². The maximum Gasteiger partial charge on any atom is 0.407 e. The first-order valence-electron chi connectivity index (χ1n) is 10.5. The Kier molecular flexibility index (Phi) is 5.96. The normalized spacial score (nSPS) is 23.8. The van der Waals surface area contributed by atoms with Crippen molar-refractivity contribution in [2.45, 2.75) is 56.9 Å². The van der Waals surface area contributed by atoms with Gasteiger partial charge in [0.25, 0.3) is 5.91 Å². The number of hydrogen-bond donors (Lipinski definition) is 4. The van der Waals surface area contributed by atoms with Crippen molar-refractivity contribution in [3.8, 4) is 11.3 Å². The molecule has 9 nitrogen and oxygen atoms in total. The van der Waals surface area contributed by atoms with Crippen LogP contribution >= 0.6 is 11.6 Å². The number of hydrogen-bond acceptors (Lipinski definition) is 7. The number of aromatic nitrogens is 2. The van der Waals surface area contributed by atoms with Crippen molar-refractivity contribution < 1.29 is 19.4 Å². The van der Waals surface area contributed by atoms with E-state index < -0.39 is 17.7 Å². The van der Waals surface area contributed by atoms with E-state index in [0.717, 1.165) is 11.1 Å². The summed E-state index contributed by atoms with van der Waals surface area (Å²) in [6.07, 6.45) is 1.48. The zero-order valence-electron chi connectivity index (χ0n) is 18.1. The fraction of sp³-hybridized carbons (Fsp3) is 0.455. The Morgan fingerprint density at radius 1 is 1.34 bits per heavy atom. The van der Waals surface area contributed by atoms with E-state index >= 15 is 0 Å². The maximum atomic E-state index is 12.2. The second-order valence-electron chi connectivity index (χ2n) is 8.64. The molecule has 10 heteroatoms. The highest BCUT2D eigenvalue weighted by atomic mass is 35.5. The van der Waals surface area contributed by atoms with Crippen LogP contribution in [0.1, 0.15) is 49.0 Å². The molecule has 32 heavy (non-hydrogen) atoms. The lowest BCUT2D eigenvalue weighted by Gasteiger charge is -2.33. The fourth-order valence-electron chi connectivity index (χ4n) is 4.23. The van der Waals surface area contributed by atoms with Gasteiger partial charge < -0.3 is 25.8 Å². The number of aliphatic hydroxyl groups is 1. The average Bonchev–Trinajstić information content (AvgIpc) is 2.99. The number of nitrogens with zero attached hydrogens (tertiary/aromatic N) is 2. The molecule has 1 aromatic heterocycles. The molecule has 4 N–H and O–H groups in total. The third-order valence-corrected chi connectivity index (χ3v) is 6.22. The summed E-state index contributed by atoms with van der Waals surface area (Å²) in [6, 6.07) is 5.22. The lowest BCUT2D eigenvalue weighted by Crippen LogP contribution is -2.43. The molecule has 0 unspecified atom stereocenters. The molecule has 2 aliphatic rings. The van der Waals surface area contributed by atoms with E-state index in [1.807, 2.05) is 26.0 Å². The minimum absolute atomic E-state index is 0.0994. The van der Waals surface area contributed by atoms with Crippen LogP contribution in [-0.2, 0) is 10.3 Å². The van der Waals surface area contributed by atoms with Crippen LogP contribution in [0.25, 0.3) is 11.3 Å². The molecule has 170 valence electrons. The predicted octanol–water partition coefficient (Wildman–Crippen LogP) is 2.83. The number of amides is 2. The summed E-state index contributed by atoms with van der Waals surface area (Å²) in [7, 11) is 1.50. The largest absolute Gasteiger partial charge is 0.446 e. The quantitative estimate of drug-likeness (QED) is 0.553. The molecule has 1 fully saturated rings. The van der Waals surface area contributed by atoms with E-state index in [-0.39, 0.29) is 18.1 Å². The van der Waals surface area contributed by atoms with Crippen LogP contribution in [0.2, 0.25) is 5.02 Å². The highest BCUT2D eigenvalue weighted by molar-refractivity contribution is 6.32. The number of fused-ring (bicyclic) bond motifs is 1. The Morgan fingerprint density at radius 3 is 2.84 bits per heavy atom. The molecule has 0 saturated heterocycles. The minimum Gasteiger partial charge on any atom is -0.446 e. The van der Waals surface area contributed by atoms with Gasteiger partial charge in [-0.25, -0.2) is 14.8 Å². The smallest absolute Gasteiger partial charge is 0.407 e. The summed E-state index contributed by atoms with van der Waals surface area (Å²) in [4.78, 5) is 32.4. The van der Waals surface area contributed by atoms with Crippen LogP contribution < -0.4 is 16.0 Å². The van der Waals surface area contributed by atoms with Crippen molar-refractivity contribution >= 4 is 29.5 Å². The molecule has 0 bridgehead atoms. The Hall–Kier alpha value is -2.91. The fourth-order valence-corrected chi connectivity index (χ4v) is 4.43. The number of rotatable bonds is 4. The number of benzene rings is 1. The predicted molar refractivity (Wildman–Crippen MR) is 120 cm³/mol. The van der Waals surface area contributed by atoms with Gasteiger partial charge in [0, 0.05) is 24.6 Å². The SMILES string of the molecule is CNC(=O)O[C@H]1CC[C@@H](Nc2ncc(Cl)c(-c3ccc4c(c3)C(C)(C)NC4=O)n2)[C@H](O)C1. The molecule has 2 amide bonds. The van der Waals surface area contributed by atoms with Gasteiger partial charge in [0.2, 0.25) is 5.95 Å². The summed E-state index contributed by atoms with van der Waals surface area (Å²) in [5, 5.41) is 19.5. The van der Waals surface area contributed by atoms with Crippen LogP contribution in [0.3, 0.4) is 0 Å². The first kappa shape index (κ1) is 22.3. The number of anilines is 1. The average molecular weight is 460 g/mol. The molecular formula is C22H26ClN5O4. The van der Waals surface area contributed by atoms with Crippen molar-refractivity contribution in [3.63, 3.8) is 0 Å². The molecule has 0 radical (unpaired) electrons. The molecule has 1 saturated carbocycles. The van der Waals surface area contributed by atoms with Gasteiger partial charge >= 0.3 is 6.09 Å². The molecule has 1 aromatic carbocycles. The van der Waals surface area contributed by atoms with E-state index in [2.05, 4.69) is 25.9 Å². The van der Waals surface area contributed by atoms with Crippen LogP contribution in [0.15, 0.2) is 24.4 Å². The third-order valence-electron chi connectivity index (χ3n) is 5.94. The van der Waals surface area contributed by atoms with Gasteiger partial charge in [-0.1, -0.05) is 17.7 Å². The molecule has 0 spiro atoms. The van der Waals surface area contributed by atoms with Crippen LogP contribution in [0, 0.1) is 0 Å². The van der Waals surface area contributed by atoms with Gasteiger partial charge in [0.05, 0.1) is 34.6 Å². The van der Waals surface area contributed by atoms with Crippen molar-refractivity contribution in [1.82, 2.24) is 20.6 Å². The topological polar surface area (TPSA) is 125 Å². The summed E-state index contributed by atoms with van der Waals surface area (Å²) < 4.78 is 5.25. The Bertz CT molecular complexity index is 1060. The van der Waals surface area contributed by atoms with E-state index in [1.54, 1.807) is 6.07 Å². The van der Waals surface area contributed by atoms with Gasteiger partial charge in [-0.2, -0.15) is 0 Å². The molecule has 4 rings (SSSR count). The highest BCUT2D eigenvalue weighted by Crippen LogP contribution is 2.35. The third kappa shape index (κ3) is 4.35. The molecule has 3 atom stereocenters. The maximum absolute atomic E-state index is 12.2. The summed E-state index contributed by atoms with van der Waals surface area (Å²) in [5.74, 6) is 0.241. The second-order valence-corrected chi connectivity index (χ2v) is 9.05. The number of carbonyl (C=O) groups excluding carboxylic acids is 2. The zero-order chi connectivity index (χ0) is 23.0. The van der Waals surface area contributed by atoms with Crippen molar-refractivity contribution in [3.05, 3.63) is 40.5 Å². The van der Waals surface area contributed by atoms with Crippen molar-refractivity contribution in [2.24, 2.45) is 0 Å². The number of alkyl carbamates (subject to hydrolysis) is 1. The van der Waals surface area contributed by atoms with Gasteiger partial charge in [0.15, 0.2) is 0 Å². The summed E-state index contributed by atoms with van der Waals surface area (Å²) in [5.41, 5.74) is 2.35. The van der Waals surface area contributed by atoms with Crippen LogP contribution in [0.4, 0.5) is 10.7 Å². The van der Waals surface area contributed by atoms with E-state index in [9.17, 15) is 14.7 Å². The van der Waals surface area contributed by atoms with E-state index in [0.29, 0.717) is 41.5 Å². The second kappa shape index (κ2) is 8.55. The minimum atomic E-state index is -0.723. The first-order valence-corrected chi connectivity index (χ1v) is 10.9. The monoisotopic (exact) mass is 459 g/mol. The van der Waals surface area contributed by atoms with Gasteiger partial charge in [0.1, 0.15) is 6.10 Å². The number of ether oxygens (including phenoxy) is 1. The Balaban J connectivity index is 1.52. The lowest BCUT2D eigenvalue weighted by atomic mass is 9.90. The zero-order valence-corrected chi connectivity index (χ0v) is 18.9.